The highest BCUT2D eigenvalue weighted by Gasteiger charge is 2.41. The van der Waals surface area contributed by atoms with E-state index in [9.17, 15) is 10.2 Å². The van der Waals surface area contributed by atoms with Crippen molar-refractivity contribution in [3.63, 3.8) is 0 Å². The zero-order chi connectivity index (χ0) is 9.14. The van der Waals surface area contributed by atoms with Crippen LogP contribution in [0.15, 0.2) is 0 Å². The van der Waals surface area contributed by atoms with E-state index >= 15 is 0 Å². The molecule has 72 valence electrons. The highest BCUT2D eigenvalue weighted by Crippen LogP contribution is 2.28. The Labute approximate surface area is 75.5 Å². The van der Waals surface area contributed by atoms with Crippen LogP contribution in [0, 0.1) is 0 Å². The lowest BCUT2D eigenvalue weighted by Gasteiger charge is -2.12. The van der Waals surface area contributed by atoms with Gasteiger partial charge in [-0.15, -0.1) is 11.8 Å². The van der Waals surface area contributed by atoms with Crippen LogP contribution < -0.4 is 0 Å². The van der Waals surface area contributed by atoms with E-state index in [0.29, 0.717) is 0 Å². The summed E-state index contributed by atoms with van der Waals surface area (Å²) in [6, 6.07) is 0. The fourth-order valence-electron chi connectivity index (χ4n) is 1.17. The summed E-state index contributed by atoms with van der Waals surface area (Å²) in [5.74, 6) is 0.812. The molecule has 0 bridgehead atoms. The van der Waals surface area contributed by atoms with Crippen molar-refractivity contribution < 1.29 is 20.1 Å². The first kappa shape index (κ1) is 10.3. The van der Waals surface area contributed by atoms with Gasteiger partial charge in [0, 0.05) is 0 Å². The van der Waals surface area contributed by atoms with E-state index in [1.54, 1.807) is 0 Å². The molecule has 0 aliphatic carbocycles. The van der Waals surface area contributed by atoms with Gasteiger partial charge in [0.1, 0.15) is 23.7 Å². The van der Waals surface area contributed by atoms with E-state index in [0.717, 1.165) is 5.75 Å². The molecular weight excluding hydrogens is 180 g/mol. The molecule has 0 aromatic rings. The van der Waals surface area contributed by atoms with Gasteiger partial charge in [-0.25, -0.2) is 0 Å². The molecule has 0 aromatic heterocycles. The lowest BCUT2D eigenvalue weighted by atomic mass is 10.2. The molecule has 1 fully saturated rings. The Morgan fingerprint density at radius 3 is 2.42 bits per heavy atom. The first-order valence-electron chi connectivity index (χ1n) is 3.94. The normalized spacial score (nSPS) is 42.0. The number of aliphatic hydroxyl groups is 3. The van der Waals surface area contributed by atoms with Crippen LogP contribution in [0.2, 0.25) is 0 Å². The van der Waals surface area contributed by atoms with E-state index in [4.69, 9.17) is 9.84 Å². The van der Waals surface area contributed by atoms with Gasteiger partial charge in [0.25, 0.3) is 0 Å². The molecular formula is C7H14O4S. The molecule has 3 N–H and O–H groups in total. The molecule has 0 unspecified atom stereocenters. The summed E-state index contributed by atoms with van der Waals surface area (Å²) < 4.78 is 5.19. The van der Waals surface area contributed by atoms with Gasteiger partial charge in [0.05, 0.1) is 6.61 Å². The van der Waals surface area contributed by atoms with Crippen LogP contribution in [0.5, 0.6) is 0 Å². The second-order valence-corrected chi connectivity index (χ2v) is 4.04. The van der Waals surface area contributed by atoms with E-state index in [-0.39, 0.29) is 6.61 Å². The summed E-state index contributed by atoms with van der Waals surface area (Å²) in [6.45, 7) is 1.69. The molecule has 5 heteroatoms. The van der Waals surface area contributed by atoms with E-state index in [1.165, 1.54) is 11.8 Å². The molecule has 1 aliphatic heterocycles. The fraction of sp³-hybridized carbons (Fsp3) is 1.00. The van der Waals surface area contributed by atoms with Gasteiger partial charge in [-0.2, -0.15) is 0 Å². The van der Waals surface area contributed by atoms with Gasteiger partial charge in [-0.3, -0.25) is 0 Å². The number of hydrogen-bond donors (Lipinski definition) is 3. The number of ether oxygens (including phenoxy) is 1. The van der Waals surface area contributed by atoms with Gasteiger partial charge in [0.2, 0.25) is 0 Å². The lowest BCUT2D eigenvalue weighted by Crippen LogP contribution is -2.33. The van der Waals surface area contributed by atoms with Crippen LogP contribution in [0.1, 0.15) is 6.92 Å². The van der Waals surface area contributed by atoms with Crippen molar-refractivity contribution >= 4 is 11.8 Å². The van der Waals surface area contributed by atoms with Crippen LogP contribution in [0.3, 0.4) is 0 Å². The van der Waals surface area contributed by atoms with E-state index in [1.807, 2.05) is 6.92 Å². The first-order valence-corrected chi connectivity index (χ1v) is 4.99. The van der Waals surface area contributed by atoms with Crippen molar-refractivity contribution in [1.29, 1.82) is 0 Å². The molecule has 12 heavy (non-hydrogen) atoms. The van der Waals surface area contributed by atoms with Crippen molar-refractivity contribution in [3.8, 4) is 0 Å². The molecule has 1 rings (SSSR count). The largest absolute Gasteiger partial charge is 0.394 e. The molecule has 0 radical (unpaired) electrons. The summed E-state index contributed by atoms with van der Waals surface area (Å²) in [5, 5.41) is 27.4. The standard InChI is InChI=1S/C7H14O4S/c1-2-12-7-6(10)5(9)4(3-8)11-7/h4-10H,2-3H2,1H3/t4-,5-,6-,7-/m1/s1. The average Bonchev–Trinajstić information content (AvgIpc) is 2.33. The predicted molar refractivity (Wildman–Crippen MR) is 45.9 cm³/mol. The third-order valence-electron chi connectivity index (χ3n) is 1.83. The highest BCUT2D eigenvalue weighted by molar-refractivity contribution is 7.99. The Morgan fingerprint density at radius 1 is 1.33 bits per heavy atom. The molecule has 4 nitrogen and oxygen atoms in total. The third kappa shape index (κ3) is 1.92. The molecule has 0 saturated carbocycles. The van der Waals surface area contributed by atoms with Gasteiger partial charge in [-0.1, -0.05) is 6.92 Å². The lowest BCUT2D eigenvalue weighted by molar-refractivity contribution is -0.00807. The topological polar surface area (TPSA) is 69.9 Å². The summed E-state index contributed by atoms with van der Waals surface area (Å²) in [5.41, 5.74) is -0.401. The smallest absolute Gasteiger partial charge is 0.132 e. The maximum Gasteiger partial charge on any atom is 0.132 e. The van der Waals surface area contributed by atoms with Crippen LogP contribution in [0.25, 0.3) is 0 Å². The monoisotopic (exact) mass is 194 g/mol. The molecule has 1 heterocycles. The SMILES string of the molecule is CCS[C@H]1O[C@H](CO)[C@@H](O)[C@H]1O. The van der Waals surface area contributed by atoms with Gasteiger partial charge >= 0.3 is 0 Å². The van der Waals surface area contributed by atoms with Crippen LogP contribution in [0.4, 0.5) is 0 Å². The van der Waals surface area contributed by atoms with Crippen molar-refractivity contribution in [1.82, 2.24) is 0 Å². The Balaban J connectivity index is 2.48. The first-order chi connectivity index (χ1) is 5.70. The Morgan fingerprint density at radius 2 is 2.00 bits per heavy atom. The molecule has 0 amide bonds. The van der Waals surface area contributed by atoms with Gasteiger partial charge in [0.15, 0.2) is 0 Å². The molecule has 1 aliphatic rings. The molecule has 1 saturated heterocycles. The van der Waals surface area contributed by atoms with Crippen molar-refractivity contribution in [2.24, 2.45) is 0 Å². The minimum Gasteiger partial charge on any atom is -0.394 e. The number of aliphatic hydroxyl groups excluding tert-OH is 3. The highest BCUT2D eigenvalue weighted by atomic mass is 32.2. The third-order valence-corrected chi connectivity index (χ3v) is 2.88. The molecule has 0 spiro atoms. The summed E-state index contributed by atoms with van der Waals surface area (Å²) in [4.78, 5) is 0. The average molecular weight is 194 g/mol. The van der Waals surface area contributed by atoms with Crippen molar-refractivity contribution in [3.05, 3.63) is 0 Å². The Hall–Kier alpha value is 0.190. The molecule has 0 aromatic carbocycles. The zero-order valence-electron chi connectivity index (χ0n) is 6.88. The quantitative estimate of drug-likeness (QED) is 0.547. The second-order valence-electron chi connectivity index (χ2n) is 2.66. The number of hydrogen-bond acceptors (Lipinski definition) is 5. The maximum atomic E-state index is 9.38. The van der Waals surface area contributed by atoms with E-state index in [2.05, 4.69) is 0 Å². The van der Waals surface area contributed by atoms with Crippen LogP contribution >= 0.6 is 11.8 Å². The summed E-state index contributed by atoms with van der Waals surface area (Å²) in [7, 11) is 0. The predicted octanol–water partition coefficient (Wildman–Crippen LogP) is -0.822. The fourth-order valence-corrected chi connectivity index (χ4v) is 2.08. The maximum absolute atomic E-state index is 9.38. The summed E-state index contributed by atoms with van der Waals surface area (Å²) in [6.07, 6.45) is -2.48. The van der Waals surface area contributed by atoms with Crippen LogP contribution in [-0.2, 0) is 4.74 Å². The van der Waals surface area contributed by atoms with Crippen LogP contribution in [-0.4, -0.2) is 51.4 Å². The zero-order valence-corrected chi connectivity index (χ0v) is 7.70. The Kier molecular flexibility index (Phi) is 3.79. The van der Waals surface area contributed by atoms with Gasteiger partial charge < -0.3 is 20.1 Å². The number of rotatable bonds is 3. The van der Waals surface area contributed by atoms with Gasteiger partial charge in [-0.05, 0) is 5.75 Å². The molecule has 4 atom stereocenters. The number of thioether (sulfide) groups is 1. The van der Waals surface area contributed by atoms with Crippen molar-refractivity contribution in [2.75, 3.05) is 12.4 Å². The second kappa shape index (κ2) is 4.43. The van der Waals surface area contributed by atoms with E-state index < -0.39 is 23.7 Å². The minimum atomic E-state index is -0.959. The summed E-state index contributed by atoms with van der Waals surface area (Å²) >= 11 is 1.43. The Bertz CT molecular complexity index is 143. The van der Waals surface area contributed by atoms with Crippen molar-refractivity contribution in [2.45, 2.75) is 30.7 Å². The minimum absolute atomic E-state index is 0.251.